The van der Waals surface area contributed by atoms with Crippen LogP contribution in [0.5, 0.6) is 0 Å². The molecule has 2 aromatic carbocycles. The summed E-state index contributed by atoms with van der Waals surface area (Å²) in [5.41, 5.74) is 1.49. The summed E-state index contributed by atoms with van der Waals surface area (Å²) >= 11 is 0. The monoisotopic (exact) mass is 437 g/mol. The standard InChI is InChI=1S/C23H21F2N5O2/c1-14(31)21-11-22(15-3-4-16(12-26)18(24)9-15)30(28(21)2)20-6-5-17(10-19(20)25)29-8-7-27-23(32)13-29/h3-6,9-11,21H,7-8,13H2,1-2H3,(H,27,32). The van der Waals surface area contributed by atoms with Crippen LogP contribution in [0.4, 0.5) is 20.2 Å². The number of hydrogen-bond acceptors (Lipinski definition) is 6. The summed E-state index contributed by atoms with van der Waals surface area (Å²) in [6.45, 7) is 2.62. The molecule has 2 aliphatic heterocycles. The minimum absolute atomic E-state index is 0.100. The predicted octanol–water partition coefficient (Wildman–Crippen LogP) is 2.44. The lowest BCUT2D eigenvalue weighted by Crippen LogP contribution is -2.47. The molecule has 32 heavy (non-hydrogen) atoms. The molecule has 0 bridgehead atoms. The summed E-state index contributed by atoms with van der Waals surface area (Å²) in [4.78, 5) is 25.6. The van der Waals surface area contributed by atoms with Crippen molar-refractivity contribution >= 4 is 28.8 Å². The average Bonchev–Trinajstić information content (AvgIpc) is 3.11. The Morgan fingerprint density at radius 1 is 1.19 bits per heavy atom. The second-order valence-electron chi connectivity index (χ2n) is 7.71. The van der Waals surface area contributed by atoms with E-state index in [4.69, 9.17) is 5.26 Å². The van der Waals surface area contributed by atoms with Crippen LogP contribution < -0.4 is 15.2 Å². The van der Waals surface area contributed by atoms with Crippen LogP contribution in [0.3, 0.4) is 0 Å². The maximum Gasteiger partial charge on any atom is 0.239 e. The molecular weight excluding hydrogens is 416 g/mol. The fourth-order valence-corrected chi connectivity index (χ4v) is 4.01. The van der Waals surface area contributed by atoms with Gasteiger partial charge in [-0.3, -0.25) is 14.6 Å². The van der Waals surface area contributed by atoms with Gasteiger partial charge in [-0.05, 0) is 43.3 Å². The Labute approximate surface area is 184 Å². The number of nitrogens with zero attached hydrogens (tertiary/aromatic N) is 4. The highest BCUT2D eigenvalue weighted by molar-refractivity contribution is 5.92. The van der Waals surface area contributed by atoms with Crippen molar-refractivity contribution in [2.24, 2.45) is 0 Å². The predicted molar refractivity (Wildman–Crippen MR) is 115 cm³/mol. The number of hydrazine groups is 1. The van der Waals surface area contributed by atoms with Gasteiger partial charge in [-0.15, -0.1) is 0 Å². The Hall–Kier alpha value is -3.77. The zero-order valence-electron chi connectivity index (χ0n) is 17.6. The van der Waals surface area contributed by atoms with Crippen molar-refractivity contribution < 1.29 is 18.4 Å². The molecular formula is C23H21F2N5O2. The third-order valence-corrected chi connectivity index (χ3v) is 5.63. The van der Waals surface area contributed by atoms with E-state index in [1.54, 1.807) is 47.3 Å². The van der Waals surface area contributed by atoms with E-state index >= 15 is 4.39 Å². The summed E-state index contributed by atoms with van der Waals surface area (Å²) in [7, 11) is 1.65. The third kappa shape index (κ3) is 3.81. The second kappa shape index (κ2) is 8.40. The third-order valence-electron chi connectivity index (χ3n) is 5.63. The Kier molecular flexibility index (Phi) is 5.63. The number of halogens is 2. The molecule has 9 heteroatoms. The van der Waals surface area contributed by atoms with Gasteiger partial charge in [0.1, 0.15) is 23.7 Å². The first kappa shape index (κ1) is 21.5. The van der Waals surface area contributed by atoms with Gasteiger partial charge in [0.05, 0.1) is 23.5 Å². The number of piperazine rings is 1. The van der Waals surface area contributed by atoms with Gasteiger partial charge in [0.15, 0.2) is 5.78 Å². The Balaban J connectivity index is 1.74. The van der Waals surface area contributed by atoms with Gasteiger partial charge in [0.2, 0.25) is 5.91 Å². The van der Waals surface area contributed by atoms with Crippen LogP contribution in [0.25, 0.3) is 5.70 Å². The fourth-order valence-electron chi connectivity index (χ4n) is 4.01. The molecule has 1 saturated heterocycles. The zero-order chi connectivity index (χ0) is 23.0. The number of nitriles is 1. The van der Waals surface area contributed by atoms with Gasteiger partial charge >= 0.3 is 0 Å². The van der Waals surface area contributed by atoms with E-state index in [0.717, 1.165) is 0 Å². The molecule has 2 aromatic rings. The first-order valence-corrected chi connectivity index (χ1v) is 10.1. The second-order valence-corrected chi connectivity index (χ2v) is 7.71. The number of rotatable bonds is 4. The van der Waals surface area contributed by atoms with Gasteiger partial charge in [-0.2, -0.15) is 5.26 Å². The lowest BCUT2D eigenvalue weighted by Gasteiger charge is -2.33. The first-order chi connectivity index (χ1) is 15.3. The molecule has 1 N–H and O–H groups in total. The van der Waals surface area contributed by atoms with Crippen LogP contribution >= 0.6 is 0 Å². The van der Waals surface area contributed by atoms with Crippen LogP contribution in [0.15, 0.2) is 42.5 Å². The number of benzene rings is 2. The van der Waals surface area contributed by atoms with Gasteiger partial charge in [0.25, 0.3) is 0 Å². The number of amides is 1. The van der Waals surface area contributed by atoms with E-state index in [2.05, 4.69) is 5.32 Å². The molecule has 4 rings (SSSR count). The lowest BCUT2D eigenvalue weighted by atomic mass is 10.1. The average molecular weight is 437 g/mol. The van der Waals surface area contributed by atoms with Crippen molar-refractivity contribution in [1.82, 2.24) is 10.3 Å². The van der Waals surface area contributed by atoms with E-state index in [-0.39, 0.29) is 29.5 Å². The SMILES string of the molecule is CC(=O)C1C=C(c2ccc(C#N)c(F)c2)N(c2ccc(N3CCNC(=O)C3)cc2F)N1C. The molecule has 2 heterocycles. The van der Waals surface area contributed by atoms with Crippen LogP contribution in [-0.4, -0.2) is 49.4 Å². The van der Waals surface area contributed by atoms with E-state index in [1.165, 1.54) is 30.1 Å². The highest BCUT2D eigenvalue weighted by Gasteiger charge is 2.35. The zero-order valence-corrected chi connectivity index (χ0v) is 17.6. The summed E-state index contributed by atoms with van der Waals surface area (Å²) in [6.07, 6.45) is 1.64. The van der Waals surface area contributed by atoms with E-state index < -0.39 is 17.7 Å². The van der Waals surface area contributed by atoms with E-state index in [1.807, 2.05) is 0 Å². The molecule has 0 spiro atoms. The topological polar surface area (TPSA) is 79.7 Å². The maximum atomic E-state index is 15.3. The van der Waals surface area contributed by atoms with Crippen LogP contribution in [0.2, 0.25) is 0 Å². The molecule has 7 nitrogen and oxygen atoms in total. The number of likely N-dealkylation sites (N-methyl/N-ethyl adjacent to an activating group) is 1. The van der Waals surface area contributed by atoms with Crippen molar-refractivity contribution in [3.8, 4) is 6.07 Å². The maximum absolute atomic E-state index is 15.3. The first-order valence-electron chi connectivity index (χ1n) is 10.1. The van der Waals surface area contributed by atoms with Gasteiger partial charge < -0.3 is 10.2 Å². The fraction of sp³-hybridized carbons (Fsp3) is 0.261. The number of ketones is 1. The van der Waals surface area contributed by atoms with Crippen molar-refractivity contribution in [1.29, 1.82) is 5.26 Å². The molecule has 1 fully saturated rings. The number of carbonyl (C=O) groups is 2. The number of anilines is 2. The summed E-state index contributed by atoms with van der Waals surface area (Å²) in [6, 6.07) is 9.87. The highest BCUT2D eigenvalue weighted by atomic mass is 19.1. The number of nitrogens with one attached hydrogen (secondary N) is 1. The molecule has 1 unspecified atom stereocenters. The minimum Gasteiger partial charge on any atom is -0.360 e. The summed E-state index contributed by atoms with van der Waals surface area (Å²) in [5, 5.41) is 14.8. The number of carbonyl (C=O) groups excluding carboxylic acids is 2. The van der Waals surface area contributed by atoms with Gasteiger partial charge in [-0.25, -0.2) is 13.8 Å². The van der Waals surface area contributed by atoms with Crippen LogP contribution in [-0.2, 0) is 9.59 Å². The largest absolute Gasteiger partial charge is 0.360 e. The van der Waals surface area contributed by atoms with Gasteiger partial charge in [-0.1, -0.05) is 6.07 Å². The molecule has 0 saturated carbocycles. The molecule has 1 atom stereocenters. The van der Waals surface area contributed by atoms with Crippen LogP contribution in [0, 0.1) is 23.0 Å². The quantitative estimate of drug-likeness (QED) is 0.792. The highest BCUT2D eigenvalue weighted by Crippen LogP contribution is 2.37. The Morgan fingerprint density at radius 2 is 1.97 bits per heavy atom. The van der Waals surface area contributed by atoms with Crippen LogP contribution in [0.1, 0.15) is 18.1 Å². The number of hydrogen-bond donors (Lipinski definition) is 1. The summed E-state index contributed by atoms with van der Waals surface area (Å²) < 4.78 is 29.6. The Morgan fingerprint density at radius 3 is 2.59 bits per heavy atom. The van der Waals surface area contributed by atoms with Crippen molar-refractivity contribution in [2.75, 3.05) is 36.6 Å². The lowest BCUT2D eigenvalue weighted by molar-refractivity contribution is -0.121. The van der Waals surface area contributed by atoms with Crippen molar-refractivity contribution in [3.63, 3.8) is 0 Å². The number of Topliss-reactive ketones (excluding diaryl/α,β-unsaturated/α-hetero) is 1. The van der Waals surface area contributed by atoms with Gasteiger partial charge in [0, 0.05) is 31.4 Å². The smallest absolute Gasteiger partial charge is 0.239 e. The molecule has 2 aliphatic rings. The normalized spacial score (nSPS) is 18.9. The van der Waals surface area contributed by atoms with Crippen molar-refractivity contribution in [3.05, 3.63) is 65.2 Å². The molecule has 164 valence electrons. The molecule has 0 aromatic heterocycles. The van der Waals surface area contributed by atoms with E-state index in [9.17, 15) is 14.0 Å². The molecule has 0 radical (unpaired) electrons. The molecule has 0 aliphatic carbocycles. The van der Waals surface area contributed by atoms with E-state index in [0.29, 0.717) is 30.0 Å². The Bertz CT molecular complexity index is 1170. The molecule has 1 amide bonds. The minimum atomic E-state index is -0.695. The summed E-state index contributed by atoms with van der Waals surface area (Å²) in [5.74, 6) is -1.53. The van der Waals surface area contributed by atoms with Crippen molar-refractivity contribution in [2.45, 2.75) is 13.0 Å².